The van der Waals surface area contributed by atoms with Gasteiger partial charge in [-0.25, -0.2) is 4.98 Å². The molecule has 164 valence electrons. The summed E-state index contributed by atoms with van der Waals surface area (Å²) in [5, 5.41) is 4.26. The van der Waals surface area contributed by atoms with Crippen molar-refractivity contribution >= 4 is 40.2 Å². The predicted octanol–water partition coefficient (Wildman–Crippen LogP) is 5.25. The highest BCUT2D eigenvalue weighted by Gasteiger charge is 2.21. The van der Waals surface area contributed by atoms with Crippen molar-refractivity contribution < 1.29 is 4.79 Å². The largest absolute Gasteiger partial charge is 0.353 e. The molecule has 1 heterocycles. The van der Waals surface area contributed by atoms with Crippen LogP contribution in [-0.2, 0) is 11.2 Å². The van der Waals surface area contributed by atoms with E-state index < -0.39 is 5.25 Å². The van der Waals surface area contributed by atoms with E-state index in [4.69, 9.17) is 11.6 Å². The number of benzene rings is 2. The number of aromatic nitrogens is 2. The number of amides is 1. The fraction of sp³-hybridized carbons (Fsp3) is 0.375. The van der Waals surface area contributed by atoms with Crippen molar-refractivity contribution in [3.05, 3.63) is 69.5 Å². The smallest absolute Gasteiger partial charge is 0.262 e. The highest BCUT2D eigenvalue weighted by Crippen LogP contribution is 2.26. The summed E-state index contributed by atoms with van der Waals surface area (Å²) < 4.78 is 1.64. The van der Waals surface area contributed by atoms with Crippen LogP contribution in [0, 0.1) is 0 Å². The van der Waals surface area contributed by atoms with E-state index in [1.54, 1.807) is 22.8 Å². The number of hydrogen-bond acceptors (Lipinski definition) is 4. The molecule has 0 aliphatic heterocycles. The molecule has 0 bridgehead atoms. The summed E-state index contributed by atoms with van der Waals surface area (Å²) in [4.78, 5) is 30.5. The van der Waals surface area contributed by atoms with Crippen LogP contribution in [0.2, 0.25) is 5.02 Å². The van der Waals surface area contributed by atoms with Crippen LogP contribution in [0.5, 0.6) is 0 Å². The summed E-state index contributed by atoms with van der Waals surface area (Å²) >= 11 is 7.39. The van der Waals surface area contributed by atoms with Crippen molar-refractivity contribution in [2.45, 2.75) is 63.0 Å². The van der Waals surface area contributed by atoms with Crippen LogP contribution < -0.4 is 10.9 Å². The summed E-state index contributed by atoms with van der Waals surface area (Å²) in [7, 11) is 0. The zero-order valence-corrected chi connectivity index (χ0v) is 19.8. The van der Waals surface area contributed by atoms with Crippen LogP contribution in [0.15, 0.2) is 58.5 Å². The van der Waals surface area contributed by atoms with Gasteiger partial charge in [0.05, 0.1) is 16.2 Å². The zero-order valence-electron chi connectivity index (χ0n) is 18.3. The average Bonchev–Trinajstić information content (AvgIpc) is 2.72. The van der Waals surface area contributed by atoms with E-state index in [1.165, 1.54) is 17.3 Å². The molecule has 0 spiro atoms. The van der Waals surface area contributed by atoms with E-state index in [2.05, 4.69) is 22.4 Å². The van der Waals surface area contributed by atoms with Gasteiger partial charge in [-0.1, -0.05) is 53.7 Å². The summed E-state index contributed by atoms with van der Waals surface area (Å²) in [6.07, 6.45) is 1.76. The van der Waals surface area contributed by atoms with Gasteiger partial charge in [0.15, 0.2) is 5.16 Å². The lowest BCUT2D eigenvalue weighted by Crippen LogP contribution is -2.38. The standard InChI is InChI=1S/C24H28ClN3O2S/c1-15(2)28-23(30)20-13-12-19(25)14-21(20)27-24(28)31-17(4)22(29)26-16(3)10-11-18-8-6-5-7-9-18/h5-9,12-17H,10-11H2,1-4H3,(H,26,29). The van der Waals surface area contributed by atoms with Gasteiger partial charge in [0, 0.05) is 17.1 Å². The van der Waals surface area contributed by atoms with Crippen LogP contribution in [-0.4, -0.2) is 26.8 Å². The number of halogens is 1. The molecule has 0 radical (unpaired) electrons. The van der Waals surface area contributed by atoms with E-state index in [0.29, 0.717) is 21.1 Å². The highest BCUT2D eigenvalue weighted by atomic mass is 35.5. The summed E-state index contributed by atoms with van der Waals surface area (Å²) in [6, 6.07) is 15.3. The molecule has 2 aromatic carbocycles. The summed E-state index contributed by atoms with van der Waals surface area (Å²) in [5.74, 6) is -0.0682. The number of nitrogens with one attached hydrogen (secondary N) is 1. The highest BCUT2D eigenvalue weighted by molar-refractivity contribution is 8.00. The number of nitrogens with zero attached hydrogens (tertiary/aromatic N) is 2. The molecule has 1 N–H and O–H groups in total. The van der Waals surface area contributed by atoms with Gasteiger partial charge < -0.3 is 5.32 Å². The fourth-order valence-corrected chi connectivity index (χ4v) is 4.58. The molecule has 0 aliphatic carbocycles. The van der Waals surface area contributed by atoms with Gasteiger partial charge in [-0.05, 0) is 64.3 Å². The Hall–Kier alpha value is -2.31. The second kappa shape index (κ2) is 10.3. The normalized spacial score (nSPS) is 13.4. The third-order valence-corrected chi connectivity index (χ3v) is 6.40. The lowest BCUT2D eigenvalue weighted by molar-refractivity contribution is -0.120. The second-order valence-electron chi connectivity index (χ2n) is 8.02. The predicted molar refractivity (Wildman–Crippen MR) is 129 cm³/mol. The average molecular weight is 458 g/mol. The van der Waals surface area contributed by atoms with Crippen molar-refractivity contribution in [2.24, 2.45) is 0 Å². The number of hydrogen-bond donors (Lipinski definition) is 1. The SMILES string of the molecule is CC(CCc1ccccc1)NC(=O)C(C)Sc1nc2cc(Cl)ccc2c(=O)n1C(C)C. The zero-order chi connectivity index (χ0) is 22.5. The van der Waals surface area contributed by atoms with Crippen molar-refractivity contribution in [3.63, 3.8) is 0 Å². The van der Waals surface area contributed by atoms with Crippen LogP contribution >= 0.6 is 23.4 Å². The summed E-state index contributed by atoms with van der Waals surface area (Å²) in [5.41, 5.74) is 1.68. The maximum absolute atomic E-state index is 13.0. The molecule has 1 aromatic heterocycles. The van der Waals surface area contributed by atoms with Crippen LogP contribution in [0.25, 0.3) is 10.9 Å². The molecule has 2 atom stereocenters. The summed E-state index contributed by atoms with van der Waals surface area (Å²) in [6.45, 7) is 7.72. The van der Waals surface area contributed by atoms with Crippen LogP contribution in [0.4, 0.5) is 0 Å². The molecule has 0 fully saturated rings. The first kappa shape index (κ1) is 23.4. The monoisotopic (exact) mass is 457 g/mol. The maximum Gasteiger partial charge on any atom is 0.262 e. The number of carbonyl (C=O) groups is 1. The van der Waals surface area contributed by atoms with Crippen molar-refractivity contribution in [1.29, 1.82) is 0 Å². The molecule has 5 nitrogen and oxygen atoms in total. The third-order valence-electron chi connectivity index (χ3n) is 5.10. The van der Waals surface area contributed by atoms with Gasteiger partial charge in [-0.15, -0.1) is 0 Å². The molecule has 31 heavy (non-hydrogen) atoms. The third kappa shape index (κ3) is 5.89. The van der Waals surface area contributed by atoms with Crippen molar-refractivity contribution in [2.75, 3.05) is 0 Å². The van der Waals surface area contributed by atoms with E-state index >= 15 is 0 Å². The Labute approximate surface area is 192 Å². The molecule has 3 aromatic rings. The lowest BCUT2D eigenvalue weighted by atomic mass is 10.1. The molecule has 0 aliphatic rings. The minimum Gasteiger partial charge on any atom is -0.353 e. The lowest BCUT2D eigenvalue weighted by Gasteiger charge is -2.20. The van der Waals surface area contributed by atoms with E-state index in [-0.39, 0.29) is 23.6 Å². The molecule has 3 rings (SSSR count). The van der Waals surface area contributed by atoms with Crippen LogP contribution in [0.1, 0.15) is 45.7 Å². The molecular weight excluding hydrogens is 430 g/mol. The Balaban J connectivity index is 1.72. The Morgan fingerprint density at radius 1 is 1.13 bits per heavy atom. The van der Waals surface area contributed by atoms with Crippen molar-refractivity contribution in [1.82, 2.24) is 14.9 Å². The Bertz CT molecular complexity index is 1120. The number of carbonyl (C=O) groups excluding carboxylic acids is 1. The minimum atomic E-state index is -0.396. The van der Waals surface area contributed by atoms with Gasteiger partial charge in [0.25, 0.3) is 5.56 Å². The van der Waals surface area contributed by atoms with Crippen molar-refractivity contribution in [3.8, 4) is 0 Å². The maximum atomic E-state index is 13.0. The number of thioether (sulfide) groups is 1. The van der Waals surface area contributed by atoms with Gasteiger partial charge in [0.2, 0.25) is 5.91 Å². The Kier molecular flexibility index (Phi) is 7.79. The number of aryl methyl sites for hydroxylation is 1. The van der Waals surface area contributed by atoms with Gasteiger partial charge in [-0.3, -0.25) is 14.2 Å². The molecular formula is C24H28ClN3O2S. The molecule has 0 saturated heterocycles. The number of rotatable bonds is 8. The first-order valence-corrected chi connectivity index (χ1v) is 11.7. The van der Waals surface area contributed by atoms with E-state index in [0.717, 1.165) is 12.8 Å². The van der Waals surface area contributed by atoms with Gasteiger partial charge >= 0.3 is 0 Å². The molecule has 2 unspecified atom stereocenters. The van der Waals surface area contributed by atoms with E-state index in [9.17, 15) is 9.59 Å². The second-order valence-corrected chi connectivity index (χ2v) is 9.76. The topological polar surface area (TPSA) is 64.0 Å². The van der Waals surface area contributed by atoms with E-state index in [1.807, 2.05) is 45.9 Å². The molecule has 1 amide bonds. The van der Waals surface area contributed by atoms with Gasteiger partial charge in [-0.2, -0.15) is 0 Å². The Morgan fingerprint density at radius 3 is 2.52 bits per heavy atom. The first-order chi connectivity index (χ1) is 14.8. The van der Waals surface area contributed by atoms with Crippen LogP contribution in [0.3, 0.4) is 0 Å². The van der Waals surface area contributed by atoms with Gasteiger partial charge in [0.1, 0.15) is 0 Å². The first-order valence-electron chi connectivity index (χ1n) is 10.5. The minimum absolute atomic E-state index is 0.0476. The fourth-order valence-electron chi connectivity index (χ4n) is 3.36. The quantitative estimate of drug-likeness (QED) is 0.370. The molecule has 7 heteroatoms. The number of fused-ring (bicyclic) bond motifs is 1. The Morgan fingerprint density at radius 2 is 1.84 bits per heavy atom. The molecule has 0 saturated carbocycles.